The van der Waals surface area contributed by atoms with Gasteiger partial charge in [-0.05, 0) is 45.7 Å². The Morgan fingerprint density at radius 1 is 1.38 bits per heavy atom. The topological polar surface area (TPSA) is 80.8 Å². The van der Waals surface area contributed by atoms with Crippen molar-refractivity contribution < 1.29 is 19.1 Å². The van der Waals surface area contributed by atoms with Crippen molar-refractivity contribution >= 4 is 17.8 Å². The first-order chi connectivity index (χ1) is 11.2. The lowest BCUT2D eigenvalue weighted by molar-refractivity contribution is -0.129. The van der Waals surface area contributed by atoms with Gasteiger partial charge < -0.3 is 14.8 Å². The van der Waals surface area contributed by atoms with Gasteiger partial charge in [-0.1, -0.05) is 6.07 Å². The van der Waals surface area contributed by atoms with E-state index in [0.717, 1.165) is 12.0 Å². The van der Waals surface area contributed by atoms with Crippen LogP contribution >= 0.6 is 0 Å². The Hall–Kier alpha value is -2.15. The highest BCUT2D eigenvalue weighted by Crippen LogP contribution is 2.26. The molecular formula is C17H25N3O4. The molecule has 0 unspecified atom stereocenters. The highest BCUT2D eigenvalue weighted by atomic mass is 16.6. The van der Waals surface area contributed by atoms with Gasteiger partial charge in [-0.3, -0.25) is 9.69 Å². The lowest BCUT2D eigenvalue weighted by Crippen LogP contribution is -2.52. The molecule has 24 heavy (non-hydrogen) atoms. The van der Waals surface area contributed by atoms with Gasteiger partial charge >= 0.3 is 6.09 Å². The molecule has 0 aromatic carbocycles. The fourth-order valence-electron chi connectivity index (χ4n) is 2.66. The first-order valence-corrected chi connectivity index (χ1v) is 8.00. The molecule has 0 radical (unpaired) electrons. The standard InChI is InChI=1S/C17H25N3O4/c1-11(19-16(22)24-17(2,3)4)13(23-5)15(21)20-10-8-12-7-6-9-18-14(12)20/h6-7,9,11,13H,8,10H2,1-5H3,(H,19,22)/t11-,13+/m0/s1. The maximum Gasteiger partial charge on any atom is 0.407 e. The van der Waals surface area contributed by atoms with Crippen LogP contribution in [0.1, 0.15) is 33.3 Å². The normalized spacial score (nSPS) is 16.3. The number of methoxy groups -OCH3 is 1. The molecule has 1 aliphatic rings. The summed E-state index contributed by atoms with van der Waals surface area (Å²) >= 11 is 0. The molecule has 0 spiro atoms. The van der Waals surface area contributed by atoms with Gasteiger partial charge in [-0.15, -0.1) is 0 Å². The lowest BCUT2D eigenvalue weighted by Gasteiger charge is -2.28. The molecule has 0 aliphatic carbocycles. The summed E-state index contributed by atoms with van der Waals surface area (Å²) in [6.07, 6.45) is 1.03. The molecule has 7 nitrogen and oxygen atoms in total. The maximum atomic E-state index is 12.8. The van der Waals surface area contributed by atoms with Gasteiger partial charge in [0.2, 0.25) is 0 Å². The zero-order chi connectivity index (χ0) is 17.9. The number of nitrogens with zero attached hydrogens (tertiary/aromatic N) is 2. The van der Waals surface area contributed by atoms with E-state index in [1.54, 1.807) is 38.8 Å². The molecule has 2 atom stereocenters. The number of hydrogen-bond donors (Lipinski definition) is 1. The van der Waals surface area contributed by atoms with Gasteiger partial charge in [0.25, 0.3) is 5.91 Å². The van der Waals surface area contributed by atoms with Crippen LogP contribution in [-0.2, 0) is 20.7 Å². The number of pyridine rings is 1. The van der Waals surface area contributed by atoms with E-state index in [0.29, 0.717) is 12.4 Å². The van der Waals surface area contributed by atoms with Crippen molar-refractivity contribution in [2.45, 2.75) is 51.9 Å². The van der Waals surface area contributed by atoms with Crippen LogP contribution in [0.2, 0.25) is 0 Å². The molecule has 1 aliphatic heterocycles. The average molecular weight is 335 g/mol. The summed E-state index contributed by atoms with van der Waals surface area (Å²) in [6, 6.07) is 3.28. The van der Waals surface area contributed by atoms with E-state index in [1.807, 2.05) is 12.1 Å². The van der Waals surface area contributed by atoms with Crippen LogP contribution in [0.15, 0.2) is 18.3 Å². The van der Waals surface area contributed by atoms with E-state index < -0.39 is 23.8 Å². The molecule has 2 heterocycles. The van der Waals surface area contributed by atoms with Gasteiger partial charge in [0.15, 0.2) is 6.10 Å². The summed E-state index contributed by atoms with van der Waals surface area (Å²) in [5.41, 5.74) is 0.433. The summed E-state index contributed by atoms with van der Waals surface area (Å²) in [4.78, 5) is 30.6. The van der Waals surface area contributed by atoms with Crippen molar-refractivity contribution in [1.82, 2.24) is 10.3 Å². The molecule has 2 amide bonds. The zero-order valence-corrected chi connectivity index (χ0v) is 14.8. The van der Waals surface area contributed by atoms with E-state index in [1.165, 1.54) is 7.11 Å². The second-order valence-electron chi connectivity index (χ2n) is 6.82. The molecule has 1 aromatic rings. The van der Waals surface area contributed by atoms with Crippen LogP contribution < -0.4 is 10.2 Å². The van der Waals surface area contributed by atoms with Crippen molar-refractivity contribution in [1.29, 1.82) is 0 Å². The number of amides is 2. The van der Waals surface area contributed by atoms with Crippen molar-refractivity contribution in [2.24, 2.45) is 0 Å². The molecule has 2 rings (SSSR count). The Morgan fingerprint density at radius 2 is 2.08 bits per heavy atom. The maximum absolute atomic E-state index is 12.8. The summed E-state index contributed by atoms with van der Waals surface area (Å²) in [5, 5.41) is 2.66. The van der Waals surface area contributed by atoms with E-state index >= 15 is 0 Å². The molecule has 7 heteroatoms. The number of fused-ring (bicyclic) bond motifs is 1. The smallest absolute Gasteiger partial charge is 0.407 e. The first-order valence-electron chi connectivity index (χ1n) is 8.00. The van der Waals surface area contributed by atoms with Crippen LogP contribution in [0.3, 0.4) is 0 Å². The van der Waals surface area contributed by atoms with Crippen LogP contribution in [0.25, 0.3) is 0 Å². The van der Waals surface area contributed by atoms with Crippen molar-refractivity contribution in [2.75, 3.05) is 18.6 Å². The van der Waals surface area contributed by atoms with Crippen LogP contribution in [0.4, 0.5) is 10.6 Å². The fraction of sp³-hybridized carbons (Fsp3) is 0.588. The van der Waals surface area contributed by atoms with Gasteiger partial charge in [-0.2, -0.15) is 0 Å². The van der Waals surface area contributed by atoms with E-state index in [4.69, 9.17) is 9.47 Å². The van der Waals surface area contributed by atoms with Gasteiger partial charge in [0, 0.05) is 19.9 Å². The summed E-state index contributed by atoms with van der Waals surface area (Å²) in [7, 11) is 1.45. The molecule has 1 N–H and O–H groups in total. The van der Waals surface area contributed by atoms with Crippen LogP contribution in [0.5, 0.6) is 0 Å². The summed E-state index contributed by atoms with van der Waals surface area (Å²) < 4.78 is 10.6. The Balaban J connectivity index is 2.05. The molecule has 1 aromatic heterocycles. The third-order valence-corrected chi connectivity index (χ3v) is 3.69. The largest absolute Gasteiger partial charge is 0.444 e. The number of carbonyl (C=O) groups excluding carboxylic acids is 2. The van der Waals surface area contributed by atoms with Gasteiger partial charge in [0.1, 0.15) is 11.4 Å². The predicted octanol–water partition coefficient (Wildman–Crippen LogP) is 1.90. The highest BCUT2D eigenvalue weighted by Gasteiger charge is 2.35. The first kappa shape index (κ1) is 18.2. The number of anilines is 1. The number of aromatic nitrogens is 1. The Labute approximate surface area is 142 Å². The molecular weight excluding hydrogens is 310 g/mol. The number of alkyl carbamates (subject to hydrolysis) is 1. The monoisotopic (exact) mass is 335 g/mol. The molecule has 0 fully saturated rings. The fourth-order valence-corrected chi connectivity index (χ4v) is 2.66. The predicted molar refractivity (Wildman–Crippen MR) is 89.9 cm³/mol. The van der Waals surface area contributed by atoms with Crippen LogP contribution in [-0.4, -0.2) is 48.4 Å². The summed E-state index contributed by atoms with van der Waals surface area (Å²) in [5.74, 6) is 0.438. The molecule has 132 valence electrons. The minimum Gasteiger partial charge on any atom is -0.444 e. The number of carbonyl (C=O) groups is 2. The van der Waals surface area contributed by atoms with Crippen molar-refractivity contribution in [3.05, 3.63) is 23.9 Å². The molecule has 0 bridgehead atoms. The Kier molecular flexibility index (Phi) is 5.43. The molecule has 0 saturated carbocycles. The van der Waals surface area contributed by atoms with Gasteiger partial charge in [-0.25, -0.2) is 9.78 Å². The Morgan fingerprint density at radius 3 is 2.71 bits per heavy atom. The third-order valence-electron chi connectivity index (χ3n) is 3.69. The second-order valence-corrected chi connectivity index (χ2v) is 6.82. The third kappa shape index (κ3) is 4.23. The quantitative estimate of drug-likeness (QED) is 0.909. The zero-order valence-electron chi connectivity index (χ0n) is 14.8. The second kappa shape index (κ2) is 7.17. The number of rotatable bonds is 4. The molecule has 0 saturated heterocycles. The minimum atomic E-state index is -0.814. The Bertz CT molecular complexity index is 612. The van der Waals surface area contributed by atoms with Crippen molar-refractivity contribution in [3.8, 4) is 0 Å². The van der Waals surface area contributed by atoms with E-state index in [-0.39, 0.29) is 5.91 Å². The number of ether oxygens (including phenoxy) is 2. The average Bonchev–Trinajstić information content (AvgIpc) is 2.89. The lowest BCUT2D eigenvalue weighted by atomic mass is 10.1. The summed E-state index contributed by atoms with van der Waals surface area (Å²) in [6.45, 7) is 7.62. The van der Waals surface area contributed by atoms with E-state index in [9.17, 15) is 9.59 Å². The highest BCUT2D eigenvalue weighted by molar-refractivity contribution is 5.98. The van der Waals surface area contributed by atoms with E-state index in [2.05, 4.69) is 10.3 Å². The number of hydrogen-bond acceptors (Lipinski definition) is 5. The van der Waals surface area contributed by atoms with Crippen molar-refractivity contribution in [3.63, 3.8) is 0 Å². The minimum absolute atomic E-state index is 0.224. The SMILES string of the molecule is CO[C@@H](C(=O)N1CCc2cccnc21)[C@H](C)NC(=O)OC(C)(C)C. The van der Waals surface area contributed by atoms with Gasteiger partial charge in [0.05, 0.1) is 6.04 Å². The van der Waals surface area contributed by atoms with Crippen LogP contribution in [0, 0.1) is 0 Å². The number of nitrogens with one attached hydrogen (secondary N) is 1.